The van der Waals surface area contributed by atoms with Gasteiger partial charge in [0.05, 0.1) is 24.3 Å². The van der Waals surface area contributed by atoms with E-state index in [9.17, 15) is 4.79 Å². The standard InChI is InChI=1S/C19H17NO3S2/c1-3-23-16-11-7-5-9-14(16)20-18(21)17(25-19(20)24)12-13-8-4-6-10-15(13)22-2/h4-12H,3H2,1-2H3/b17-12-. The zero-order valence-corrected chi connectivity index (χ0v) is 15.5. The van der Waals surface area contributed by atoms with Gasteiger partial charge in [0.1, 0.15) is 11.5 Å². The zero-order chi connectivity index (χ0) is 17.8. The molecule has 0 aromatic heterocycles. The van der Waals surface area contributed by atoms with Crippen molar-refractivity contribution in [2.24, 2.45) is 0 Å². The predicted molar refractivity (Wildman–Crippen MR) is 106 cm³/mol. The minimum atomic E-state index is -0.159. The lowest BCUT2D eigenvalue weighted by atomic mass is 10.2. The number of thiocarbonyl (C=S) groups is 1. The molecule has 0 atom stereocenters. The summed E-state index contributed by atoms with van der Waals surface area (Å²) in [7, 11) is 1.61. The van der Waals surface area contributed by atoms with E-state index in [2.05, 4.69) is 0 Å². The molecule has 1 aliphatic heterocycles. The second-order valence-corrected chi connectivity index (χ2v) is 6.84. The average molecular weight is 371 g/mol. The minimum absolute atomic E-state index is 0.159. The SMILES string of the molecule is CCOc1ccccc1N1C(=O)/C(=C/c2ccccc2OC)SC1=S. The predicted octanol–water partition coefficient (Wildman–Crippen LogP) is 4.50. The van der Waals surface area contributed by atoms with E-state index in [4.69, 9.17) is 21.7 Å². The maximum atomic E-state index is 12.9. The highest BCUT2D eigenvalue weighted by atomic mass is 32.2. The number of carbonyl (C=O) groups is 1. The summed E-state index contributed by atoms with van der Waals surface area (Å²) in [6, 6.07) is 15.0. The number of amides is 1. The molecule has 1 amide bonds. The fourth-order valence-corrected chi connectivity index (χ4v) is 3.80. The van der Waals surface area contributed by atoms with Crippen molar-refractivity contribution < 1.29 is 14.3 Å². The van der Waals surface area contributed by atoms with Crippen molar-refractivity contribution in [1.29, 1.82) is 0 Å². The Labute approximate surface area is 156 Å². The van der Waals surface area contributed by atoms with Gasteiger partial charge in [0.2, 0.25) is 0 Å². The second-order valence-electron chi connectivity index (χ2n) is 5.16. The molecule has 0 saturated carbocycles. The number of thioether (sulfide) groups is 1. The average Bonchev–Trinajstić information content (AvgIpc) is 2.90. The normalized spacial score (nSPS) is 15.8. The molecule has 0 bridgehead atoms. The van der Waals surface area contributed by atoms with Gasteiger partial charge in [-0.25, -0.2) is 0 Å². The smallest absolute Gasteiger partial charge is 0.270 e. The zero-order valence-electron chi connectivity index (χ0n) is 13.9. The van der Waals surface area contributed by atoms with Crippen LogP contribution in [0.15, 0.2) is 53.4 Å². The molecule has 2 aromatic carbocycles. The molecule has 1 saturated heterocycles. The van der Waals surface area contributed by atoms with E-state index in [1.807, 2.05) is 55.5 Å². The van der Waals surface area contributed by atoms with Crippen LogP contribution in [0.3, 0.4) is 0 Å². The molecule has 0 radical (unpaired) electrons. The van der Waals surface area contributed by atoms with E-state index < -0.39 is 0 Å². The summed E-state index contributed by atoms with van der Waals surface area (Å²) >= 11 is 6.71. The van der Waals surface area contributed by atoms with E-state index in [1.165, 1.54) is 16.7 Å². The molecular weight excluding hydrogens is 354 g/mol. The van der Waals surface area contributed by atoms with E-state index in [0.717, 1.165) is 5.56 Å². The molecule has 6 heteroatoms. The van der Waals surface area contributed by atoms with Crippen LogP contribution >= 0.6 is 24.0 Å². The first kappa shape index (κ1) is 17.5. The first-order valence-corrected chi connectivity index (χ1v) is 9.01. The number of carbonyl (C=O) groups excluding carboxylic acids is 1. The Hall–Kier alpha value is -2.31. The quantitative estimate of drug-likeness (QED) is 0.572. The summed E-state index contributed by atoms with van der Waals surface area (Å²) in [6.07, 6.45) is 1.81. The van der Waals surface area contributed by atoms with Gasteiger partial charge >= 0.3 is 0 Å². The number of hydrogen-bond acceptors (Lipinski definition) is 5. The van der Waals surface area contributed by atoms with E-state index in [1.54, 1.807) is 13.2 Å². The van der Waals surface area contributed by atoms with Crippen LogP contribution in [0.1, 0.15) is 12.5 Å². The highest BCUT2D eigenvalue weighted by Crippen LogP contribution is 2.40. The molecule has 128 valence electrons. The van der Waals surface area contributed by atoms with Crippen molar-refractivity contribution >= 4 is 46.0 Å². The van der Waals surface area contributed by atoms with E-state index in [-0.39, 0.29) is 5.91 Å². The lowest BCUT2D eigenvalue weighted by Gasteiger charge is -2.18. The lowest BCUT2D eigenvalue weighted by Crippen LogP contribution is -2.28. The third-order valence-electron chi connectivity index (χ3n) is 3.63. The summed E-state index contributed by atoms with van der Waals surface area (Å²) in [5.41, 5.74) is 1.50. The number of benzene rings is 2. The molecule has 25 heavy (non-hydrogen) atoms. The van der Waals surface area contributed by atoms with Crippen LogP contribution in [0.4, 0.5) is 5.69 Å². The Kier molecular flexibility index (Phi) is 5.40. The van der Waals surface area contributed by atoms with Crippen molar-refractivity contribution in [3.63, 3.8) is 0 Å². The number of ether oxygens (including phenoxy) is 2. The number of anilines is 1. The van der Waals surface area contributed by atoms with Crippen molar-refractivity contribution in [3.05, 3.63) is 59.0 Å². The Morgan fingerprint density at radius 1 is 1.12 bits per heavy atom. The van der Waals surface area contributed by atoms with Crippen molar-refractivity contribution in [3.8, 4) is 11.5 Å². The van der Waals surface area contributed by atoms with Gasteiger partial charge in [0.15, 0.2) is 4.32 Å². The Morgan fingerprint density at radius 2 is 1.80 bits per heavy atom. The van der Waals surface area contributed by atoms with Gasteiger partial charge in [-0.2, -0.15) is 0 Å². The molecule has 0 unspecified atom stereocenters. The van der Waals surface area contributed by atoms with Crippen LogP contribution in [0.5, 0.6) is 11.5 Å². The van der Waals surface area contributed by atoms with Crippen LogP contribution in [-0.2, 0) is 4.79 Å². The van der Waals surface area contributed by atoms with Crippen LogP contribution < -0.4 is 14.4 Å². The van der Waals surface area contributed by atoms with Crippen LogP contribution in [0.25, 0.3) is 6.08 Å². The highest BCUT2D eigenvalue weighted by Gasteiger charge is 2.35. The molecule has 4 nitrogen and oxygen atoms in total. The van der Waals surface area contributed by atoms with Gasteiger partial charge in [-0.05, 0) is 31.2 Å². The first-order chi connectivity index (χ1) is 12.2. The third kappa shape index (κ3) is 3.55. The Balaban J connectivity index is 1.97. The van der Waals surface area contributed by atoms with E-state index in [0.29, 0.717) is 33.0 Å². The largest absolute Gasteiger partial charge is 0.496 e. The van der Waals surface area contributed by atoms with Crippen LogP contribution in [0.2, 0.25) is 0 Å². The Morgan fingerprint density at radius 3 is 2.52 bits per heavy atom. The molecule has 1 heterocycles. The summed E-state index contributed by atoms with van der Waals surface area (Å²) in [5, 5.41) is 0. The summed E-state index contributed by atoms with van der Waals surface area (Å²) in [5.74, 6) is 1.19. The monoisotopic (exact) mass is 371 g/mol. The fraction of sp³-hybridized carbons (Fsp3) is 0.158. The summed E-state index contributed by atoms with van der Waals surface area (Å²) < 4.78 is 11.5. The lowest BCUT2D eigenvalue weighted by molar-refractivity contribution is -0.113. The number of nitrogens with zero attached hydrogens (tertiary/aromatic N) is 1. The number of para-hydroxylation sites is 3. The summed E-state index contributed by atoms with van der Waals surface area (Å²) in [4.78, 5) is 15.0. The fourth-order valence-electron chi connectivity index (χ4n) is 2.52. The molecule has 1 fully saturated rings. The van der Waals surface area contributed by atoms with Crippen LogP contribution in [-0.4, -0.2) is 23.9 Å². The molecule has 1 aliphatic rings. The number of hydrogen-bond donors (Lipinski definition) is 0. The summed E-state index contributed by atoms with van der Waals surface area (Å²) in [6.45, 7) is 2.42. The van der Waals surface area contributed by atoms with Crippen molar-refractivity contribution in [1.82, 2.24) is 0 Å². The molecular formula is C19H17NO3S2. The first-order valence-electron chi connectivity index (χ1n) is 7.78. The maximum absolute atomic E-state index is 12.9. The van der Waals surface area contributed by atoms with Crippen LogP contribution in [0, 0.1) is 0 Å². The van der Waals surface area contributed by atoms with Gasteiger partial charge < -0.3 is 9.47 Å². The molecule has 3 rings (SSSR count). The van der Waals surface area contributed by atoms with Crippen molar-refractivity contribution in [2.45, 2.75) is 6.92 Å². The molecule has 0 N–H and O–H groups in total. The second kappa shape index (κ2) is 7.72. The third-order valence-corrected chi connectivity index (χ3v) is 4.93. The highest BCUT2D eigenvalue weighted by molar-refractivity contribution is 8.27. The molecule has 0 aliphatic carbocycles. The topological polar surface area (TPSA) is 38.8 Å². The van der Waals surface area contributed by atoms with Gasteiger partial charge in [-0.3, -0.25) is 9.69 Å². The van der Waals surface area contributed by atoms with Gasteiger partial charge in [0, 0.05) is 5.56 Å². The van der Waals surface area contributed by atoms with Gasteiger partial charge in [0.25, 0.3) is 5.91 Å². The van der Waals surface area contributed by atoms with E-state index >= 15 is 0 Å². The maximum Gasteiger partial charge on any atom is 0.270 e. The van der Waals surface area contributed by atoms with Crippen molar-refractivity contribution in [2.75, 3.05) is 18.6 Å². The number of methoxy groups -OCH3 is 1. The Bertz CT molecular complexity index is 848. The molecule has 2 aromatic rings. The molecule has 0 spiro atoms. The minimum Gasteiger partial charge on any atom is -0.496 e. The van der Waals surface area contributed by atoms with Gasteiger partial charge in [-0.15, -0.1) is 0 Å². The number of rotatable bonds is 5. The van der Waals surface area contributed by atoms with Gasteiger partial charge in [-0.1, -0.05) is 54.3 Å².